The van der Waals surface area contributed by atoms with Gasteiger partial charge in [0, 0.05) is 0 Å². The van der Waals surface area contributed by atoms with E-state index in [1.807, 2.05) is 13.8 Å². The van der Waals surface area contributed by atoms with Crippen LogP contribution < -0.4 is 0 Å². The fourth-order valence-corrected chi connectivity index (χ4v) is 2.21. The van der Waals surface area contributed by atoms with Crippen LogP contribution in [0.3, 0.4) is 0 Å². The fraction of sp³-hybridized carbons (Fsp3) is 0.900. The van der Waals surface area contributed by atoms with Gasteiger partial charge in [-0.3, -0.25) is 0 Å². The van der Waals surface area contributed by atoms with Crippen LogP contribution in [0.5, 0.6) is 0 Å². The Hall–Kier alpha value is -0.370. The van der Waals surface area contributed by atoms with Gasteiger partial charge in [-0.05, 0) is 26.7 Å². The first kappa shape index (κ1) is 9.72. The lowest BCUT2D eigenvalue weighted by Gasteiger charge is -2.24. The topological polar surface area (TPSA) is 26.3 Å². The van der Waals surface area contributed by atoms with Crippen LogP contribution in [0.2, 0.25) is 0 Å². The Balaban J connectivity index is 2.71. The number of ether oxygens (including phenoxy) is 1. The number of carbonyl (C=O) groups is 1. The van der Waals surface area contributed by atoms with Gasteiger partial charge in [-0.2, -0.15) is 0 Å². The molecule has 0 radical (unpaired) electrons. The minimum Gasteiger partial charge on any atom is -0.374 e. The van der Waals surface area contributed by atoms with Gasteiger partial charge in [-0.15, -0.1) is 0 Å². The van der Waals surface area contributed by atoms with Crippen LogP contribution in [0.25, 0.3) is 0 Å². The van der Waals surface area contributed by atoms with Gasteiger partial charge in [0.15, 0.2) is 0 Å². The van der Waals surface area contributed by atoms with Gasteiger partial charge in [0.1, 0.15) is 6.29 Å². The largest absolute Gasteiger partial charge is 0.374 e. The predicted octanol–water partition coefficient (Wildman–Crippen LogP) is 2.17. The summed E-state index contributed by atoms with van der Waals surface area (Å²) in [6, 6.07) is 0. The Labute approximate surface area is 74.3 Å². The van der Waals surface area contributed by atoms with Crippen LogP contribution >= 0.6 is 0 Å². The third-order valence-corrected chi connectivity index (χ3v) is 2.86. The van der Waals surface area contributed by atoms with E-state index in [0.717, 1.165) is 25.5 Å². The molecule has 0 bridgehead atoms. The van der Waals surface area contributed by atoms with Crippen LogP contribution in [0.15, 0.2) is 0 Å². The molecule has 3 unspecified atom stereocenters. The molecular weight excluding hydrogens is 152 g/mol. The molecule has 1 aliphatic rings. The van der Waals surface area contributed by atoms with E-state index in [4.69, 9.17) is 4.74 Å². The Bertz CT molecular complexity index is 167. The summed E-state index contributed by atoms with van der Waals surface area (Å²) in [5.41, 5.74) is -0.186. The average Bonchev–Trinajstić information content (AvgIpc) is 2.28. The van der Waals surface area contributed by atoms with E-state index < -0.39 is 0 Å². The van der Waals surface area contributed by atoms with Gasteiger partial charge >= 0.3 is 0 Å². The summed E-state index contributed by atoms with van der Waals surface area (Å²) in [5.74, 6) is 0. The van der Waals surface area contributed by atoms with Crippen molar-refractivity contribution in [1.29, 1.82) is 0 Å². The van der Waals surface area contributed by atoms with Crippen LogP contribution in [0.4, 0.5) is 0 Å². The molecule has 2 heteroatoms. The summed E-state index contributed by atoms with van der Waals surface area (Å²) >= 11 is 0. The smallest absolute Gasteiger partial charge is 0.128 e. The number of carbonyl (C=O) groups excluding carboxylic acids is 1. The Kier molecular flexibility index (Phi) is 2.89. The minimum atomic E-state index is -0.186. The summed E-state index contributed by atoms with van der Waals surface area (Å²) in [5, 5.41) is 0. The molecule has 0 aromatic carbocycles. The van der Waals surface area contributed by atoms with Gasteiger partial charge in [0.2, 0.25) is 0 Å². The van der Waals surface area contributed by atoms with Gasteiger partial charge in [0.25, 0.3) is 0 Å². The number of hydrogen-bond donors (Lipinski definition) is 0. The highest BCUT2D eigenvalue weighted by molar-refractivity contribution is 5.61. The van der Waals surface area contributed by atoms with Crippen LogP contribution in [0, 0.1) is 5.41 Å². The normalized spacial score (nSPS) is 41.6. The summed E-state index contributed by atoms with van der Waals surface area (Å²) in [6.07, 6.45) is 4.36. The maximum Gasteiger partial charge on any atom is 0.128 e. The summed E-state index contributed by atoms with van der Waals surface area (Å²) in [6.45, 7) is 6.16. The Morgan fingerprint density at radius 2 is 2.25 bits per heavy atom. The lowest BCUT2D eigenvalue weighted by molar-refractivity contribution is -0.119. The summed E-state index contributed by atoms with van der Waals surface area (Å²) in [4.78, 5) is 11.0. The summed E-state index contributed by atoms with van der Waals surface area (Å²) in [7, 11) is 0. The molecule has 0 spiro atoms. The van der Waals surface area contributed by atoms with Crippen molar-refractivity contribution in [2.75, 3.05) is 0 Å². The molecule has 2 nitrogen and oxygen atoms in total. The second kappa shape index (κ2) is 3.56. The highest BCUT2D eigenvalue weighted by Crippen LogP contribution is 2.40. The molecule has 70 valence electrons. The zero-order valence-corrected chi connectivity index (χ0v) is 8.17. The molecule has 12 heavy (non-hydrogen) atoms. The highest BCUT2D eigenvalue weighted by Gasteiger charge is 2.43. The van der Waals surface area contributed by atoms with Gasteiger partial charge in [-0.25, -0.2) is 0 Å². The van der Waals surface area contributed by atoms with Crippen molar-refractivity contribution in [1.82, 2.24) is 0 Å². The van der Waals surface area contributed by atoms with E-state index >= 15 is 0 Å². The molecule has 0 N–H and O–H groups in total. The molecule has 0 aromatic rings. The van der Waals surface area contributed by atoms with Crippen molar-refractivity contribution in [3.63, 3.8) is 0 Å². The monoisotopic (exact) mass is 170 g/mol. The van der Waals surface area contributed by atoms with Crippen molar-refractivity contribution in [3.8, 4) is 0 Å². The third kappa shape index (κ3) is 1.53. The minimum absolute atomic E-state index is 0.102. The lowest BCUT2D eigenvalue weighted by atomic mass is 9.78. The van der Waals surface area contributed by atoms with E-state index in [9.17, 15) is 4.79 Å². The van der Waals surface area contributed by atoms with Crippen LogP contribution in [-0.4, -0.2) is 18.5 Å². The third-order valence-electron chi connectivity index (χ3n) is 2.86. The molecular formula is C10H18O2. The SMILES string of the molecule is CCCC1(C=O)CC(C)OC1C. The van der Waals surface area contributed by atoms with E-state index in [1.54, 1.807) is 0 Å². The van der Waals surface area contributed by atoms with E-state index in [1.165, 1.54) is 0 Å². The lowest BCUT2D eigenvalue weighted by Crippen LogP contribution is -2.30. The van der Waals surface area contributed by atoms with Crippen LogP contribution in [0.1, 0.15) is 40.0 Å². The predicted molar refractivity (Wildman–Crippen MR) is 48.0 cm³/mol. The Morgan fingerprint density at radius 3 is 2.58 bits per heavy atom. The highest BCUT2D eigenvalue weighted by atomic mass is 16.5. The van der Waals surface area contributed by atoms with Crippen molar-refractivity contribution < 1.29 is 9.53 Å². The quantitative estimate of drug-likeness (QED) is 0.607. The first-order chi connectivity index (χ1) is 5.64. The second-order valence-electron chi connectivity index (χ2n) is 3.89. The maximum atomic E-state index is 11.0. The molecule has 1 aliphatic heterocycles. The summed E-state index contributed by atoms with van der Waals surface area (Å²) < 4.78 is 5.59. The number of rotatable bonds is 3. The van der Waals surface area contributed by atoms with E-state index in [0.29, 0.717) is 0 Å². The molecule has 1 saturated heterocycles. The number of hydrogen-bond acceptors (Lipinski definition) is 2. The van der Waals surface area contributed by atoms with Crippen molar-refractivity contribution in [3.05, 3.63) is 0 Å². The van der Waals surface area contributed by atoms with E-state index in [2.05, 4.69) is 6.92 Å². The van der Waals surface area contributed by atoms with Crippen molar-refractivity contribution in [2.24, 2.45) is 5.41 Å². The molecule has 0 saturated carbocycles. The standard InChI is InChI=1S/C10H18O2/c1-4-5-10(7-11)6-8(2)12-9(10)3/h7-9H,4-6H2,1-3H3. The first-order valence-electron chi connectivity index (χ1n) is 4.76. The number of aldehydes is 1. The molecule has 1 fully saturated rings. The maximum absolute atomic E-state index is 11.0. The molecule has 1 heterocycles. The van der Waals surface area contributed by atoms with Gasteiger partial charge in [0.05, 0.1) is 17.6 Å². The van der Waals surface area contributed by atoms with Gasteiger partial charge in [-0.1, -0.05) is 13.3 Å². The van der Waals surface area contributed by atoms with Crippen molar-refractivity contribution in [2.45, 2.75) is 52.2 Å². The molecule has 0 amide bonds. The van der Waals surface area contributed by atoms with E-state index in [-0.39, 0.29) is 17.6 Å². The fourth-order valence-electron chi connectivity index (χ4n) is 2.21. The average molecular weight is 170 g/mol. The first-order valence-corrected chi connectivity index (χ1v) is 4.76. The molecule has 1 rings (SSSR count). The van der Waals surface area contributed by atoms with Crippen molar-refractivity contribution >= 4 is 6.29 Å². The second-order valence-corrected chi connectivity index (χ2v) is 3.89. The molecule has 3 atom stereocenters. The molecule has 0 aromatic heterocycles. The molecule has 0 aliphatic carbocycles. The zero-order chi connectivity index (χ0) is 9.19. The zero-order valence-electron chi connectivity index (χ0n) is 8.17. The van der Waals surface area contributed by atoms with Crippen LogP contribution in [-0.2, 0) is 9.53 Å². The Morgan fingerprint density at radius 1 is 1.58 bits per heavy atom. The van der Waals surface area contributed by atoms with Gasteiger partial charge < -0.3 is 9.53 Å².